The average Bonchev–Trinajstić information content (AvgIpc) is 2.52. The van der Waals surface area contributed by atoms with Crippen LogP contribution in [0.5, 0.6) is 11.6 Å². The molecule has 0 unspecified atom stereocenters. The van der Waals surface area contributed by atoms with Crippen molar-refractivity contribution in [3.63, 3.8) is 0 Å². The van der Waals surface area contributed by atoms with Crippen LogP contribution in [0.15, 0.2) is 36.9 Å². The van der Waals surface area contributed by atoms with Gasteiger partial charge in [-0.3, -0.25) is 4.98 Å². The lowest BCUT2D eigenvalue weighted by Gasteiger charge is -2.23. The molecule has 3 rings (SSSR count). The molecule has 1 N–H and O–H groups in total. The third-order valence-corrected chi connectivity index (χ3v) is 3.91. The Morgan fingerprint density at radius 3 is 2.56 bits per heavy atom. The van der Waals surface area contributed by atoms with Gasteiger partial charge in [-0.2, -0.15) is 0 Å². The van der Waals surface area contributed by atoms with Crippen molar-refractivity contribution in [1.82, 2.24) is 15.0 Å². The largest absolute Gasteiger partial charge is 0.478 e. The van der Waals surface area contributed by atoms with E-state index in [0.717, 1.165) is 5.56 Å². The summed E-state index contributed by atoms with van der Waals surface area (Å²) in [6.07, 6.45) is 4.30. The Morgan fingerprint density at radius 2 is 1.92 bits per heavy atom. The number of hydrogen-bond donors (Lipinski definition) is 1. The molecule has 0 aliphatic carbocycles. The van der Waals surface area contributed by atoms with Crippen molar-refractivity contribution in [2.45, 2.75) is 26.2 Å². The number of halogens is 1. The third-order valence-electron chi connectivity index (χ3n) is 3.70. The van der Waals surface area contributed by atoms with Crippen molar-refractivity contribution in [2.75, 3.05) is 0 Å². The fourth-order valence-electron chi connectivity index (χ4n) is 2.60. The van der Waals surface area contributed by atoms with Gasteiger partial charge in [0.05, 0.1) is 5.56 Å². The maximum Gasteiger partial charge on any atom is 0.337 e. The highest BCUT2D eigenvalue weighted by Gasteiger charge is 2.23. The predicted molar refractivity (Wildman–Crippen MR) is 94.5 cm³/mol. The van der Waals surface area contributed by atoms with Crippen LogP contribution in [0.3, 0.4) is 0 Å². The Kier molecular flexibility index (Phi) is 4.30. The molecule has 1 aromatic carbocycles. The van der Waals surface area contributed by atoms with Crippen LogP contribution in [-0.4, -0.2) is 26.0 Å². The number of benzene rings is 1. The summed E-state index contributed by atoms with van der Waals surface area (Å²) in [5.74, 6) is -0.182. The van der Waals surface area contributed by atoms with Crippen molar-refractivity contribution >= 4 is 28.3 Å². The van der Waals surface area contributed by atoms with E-state index in [2.05, 4.69) is 15.0 Å². The number of aromatic nitrogens is 3. The molecular formula is C18H16ClN3O3. The molecule has 0 radical (unpaired) electrons. The maximum atomic E-state index is 11.6. The van der Waals surface area contributed by atoms with Gasteiger partial charge in [-0.05, 0) is 23.1 Å². The molecule has 2 heterocycles. The third kappa shape index (κ3) is 3.53. The van der Waals surface area contributed by atoms with Crippen molar-refractivity contribution in [2.24, 2.45) is 0 Å². The Labute approximate surface area is 149 Å². The number of aromatic carboxylic acids is 1. The first kappa shape index (κ1) is 17.1. The lowest BCUT2D eigenvalue weighted by molar-refractivity contribution is 0.0698. The van der Waals surface area contributed by atoms with E-state index < -0.39 is 5.97 Å². The number of fused-ring (bicyclic) bond motifs is 1. The smallest absolute Gasteiger partial charge is 0.337 e. The lowest BCUT2D eigenvalue weighted by Crippen LogP contribution is -2.14. The van der Waals surface area contributed by atoms with E-state index in [1.165, 1.54) is 18.6 Å². The first-order valence-electron chi connectivity index (χ1n) is 7.56. The quantitative estimate of drug-likeness (QED) is 0.696. The topological polar surface area (TPSA) is 85.2 Å². The summed E-state index contributed by atoms with van der Waals surface area (Å²) >= 11 is 5.86. The molecule has 25 heavy (non-hydrogen) atoms. The second kappa shape index (κ2) is 6.29. The molecule has 0 amide bonds. The van der Waals surface area contributed by atoms with Crippen molar-refractivity contribution < 1.29 is 14.6 Å². The van der Waals surface area contributed by atoms with Gasteiger partial charge in [0.2, 0.25) is 5.88 Å². The zero-order chi connectivity index (χ0) is 18.2. The van der Waals surface area contributed by atoms with Gasteiger partial charge in [0.1, 0.15) is 17.2 Å². The van der Waals surface area contributed by atoms with Gasteiger partial charge < -0.3 is 9.84 Å². The number of nitrogens with zero attached hydrogens (tertiary/aromatic N) is 3. The fraction of sp³-hybridized carbons (Fsp3) is 0.222. The minimum absolute atomic E-state index is 0.166. The molecule has 0 saturated carbocycles. The number of carbonyl (C=O) groups is 1. The summed E-state index contributed by atoms with van der Waals surface area (Å²) in [6, 6.07) is 5.07. The second-order valence-corrected chi connectivity index (χ2v) is 6.98. The van der Waals surface area contributed by atoms with Crippen LogP contribution in [0.1, 0.15) is 36.7 Å². The standard InChI is InChI=1S/C18H16ClN3O3/c1-18(2,3)13-5-11(25-15-6-14(19)21-9-22-15)4-10-7-20-8-12(16(10)13)17(23)24/h4-9H,1-3H3,(H,23,24). The molecule has 7 heteroatoms. The van der Waals surface area contributed by atoms with E-state index in [1.54, 1.807) is 12.3 Å². The summed E-state index contributed by atoms with van der Waals surface area (Å²) in [4.78, 5) is 23.5. The summed E-state index contributed by atoms with van der Waals surface area (Å²) in [6.45, 7) is 6.04. The minimum atomic E-state index is -1.01. The number of hydrogen-bond acceptors (Lipinski definition) is 5. The van der Waals surface area contributed by atoms with Gasteiger partial charge in [-0.15, -0.1) is 0 Å². The van der Waals surface area contributed by atoms with Gasteiger partial charge in [-0.25, -0.2) is 14.8 Å². The molecular weight excluding hydrogens is 342 g/mol. The van der Waals surface area contributed by atoms with E-state index in [4.69, 9.17) is 16.3 Å². The van der Waals surface area contributed by atoms with Gasteiger partial charge in [0, 0.05) is 29.2 Å². The Hall–Kier alpha value is -2.73. The Bertz CT molecular complexity index is 967. The van der Waals surface area contributed by atoms with Gasteiger partial charge in [0.25, 0.3) is 0 Å². The van der Waals surface area contributed by atoms with Gasteiger partial charge in [-0.1, -0.05) is 32.4 Å². The molecule has 128 valence electrons. The highest BCUT2D eigenvalue weighted by Crippen LogP contribution is 2.36. The normalized spacial score (nSPS) is 11.5. The first-order valence-corrected chi connectivity index (χ1v) is 7.94. The Morgan fingerprint density at radius 1 is 1.16 bits per heavy atom. The summed E-state index contributed by atoms with van der Waals surface area (Å²) in [5.41, 5.74) is 0.714. The molecule has 0 spiro atoms. The van der Waals surface area contributed by atoms with Crippen molar-refractivity contribution in [3.05, 3.63) is 53.2 Å². The molecule has 0 aliphatic heterocycles. The highest BCUT2D eigenvalue weighted by atomic mass is 35.5. The fourth-order valence-corrected chi connectivity index (χ4v) is 2.74. The maximum absolute atomic E-state index is 11.6. The predicted octanol–water partition coefficient (Wildman–Crippen LogP) is 4.47. The van der Waals surface area contributed by atoms with Crippen molar-refractivity contribution in [1.29, 1.82) is 0 Å². The number of ether oxygens (including phenoxy) is 1. The van der Waals surface area contributed by atoms with Crippen LogP contribution >= 0.6 is 11.6 Å². The van der Waals surface area contributed by atoms with E-state index in [-0.39, 0.29) is 16.1 Å². The van der Waals surface area contributed by atoms with E-state index in [9.17, 15) is 9.90 Å². The zero-order valence-corrected chi connectivity index (χ0v) is 14.7. The SMILES string of the molecule is CC(C)(C)c1cc(Oc2cc(Cl)ncn2)cc2cncc(C(=O)O)c12. The van der Waals surface area contributed by atoms with Crippen LogP contribution in [0.2, 0.25) is 5.15 Å². The van der Waals surface area contributed by atoms with Crippen LogP contribution in [0.4, 0.5) is 0 Å². The highest BCUT2D eigenvalue weighted by molar-refractivity contribution is 6.29. The van der Waals surface area contributed by atoms with Gasteiger partial charge >= 0.3 is 5.97 Å². The summed E-state index contributed by atoms with van der Waals surface area (Å²) in [5, 5.41) is 11.1. The number of pyridine rings is 1. The van der Waals surface area contributed by atoms with Gasteiger partial charge in [0.15, 0.2) is 0 Å². The summed E-state index contributed by atoms with van der Waals surface area (Å²) < 4.78 is 5.79. The average molecular weight is 358 g/mol. The molecule has 2 aromatic heterocycles. The molecule has 6 nitrogen and oxygen atoms in total. The summed E-state index contributed by atoms with van der Waals surface area (Å²) in [7, 11) is 0. The zero-order valence-electron chi connectivity index (χ0n) is 13.9. The number of carboxylic acids is 1. The minimum Gasteiger partial charge on any atom is -0.478 e. The Balaban J connectivity index is 2.21. The van der Waals surface area contributed by atoms with Crippen molar-refractivity contribution in [3.8, 4) is 11.6 Å². The molecule has 0 fully saturated rings. The van der Waals surface area contributed by atoms with E-state index in [1.807, 2.05) is 26.8 Å². The molecule has 0 bridgehead atoms. The monoisotopic (exact) mass is 357 g/mol. The molecule has 0 atom stereocenters. The van der Waals surface area contributed by atoms with Crippen LogP contribution in [0.25, 0.3) is 10.8 Å². The number of rotatable bonds is 3. The molecule has 3 aromatic rings. The van der Waals surface area contributed by atoms with Crippen LogP contribution < -0.4 is 4.74 Å². The number of carboxylic acid groups (broad SMARTS) is 1. The lowest BCUT2D eigenvalue weighted by atomic mass is 9.82. The molecule has 0 saturated heterocycles. The van der Waals surface area contributed by atoms with Crippen LogP contribution in [0, 0.1) is 0 Å². The molecule has 0 aliphatic rings. The van der Waals surface area contributed by atoms with E-state index in [0.29, 0.717) is 22.4 Å². The first-order chi connectivity index (χ1) is 11.8. The second-order valence-electron chi connectivity index (χ2n) is 6.59. The van der Waals surface area contributed by atoms with E-state index >= 15 is 0 Å². The van der Waals surface area contributed by atoms with Crippen LogP contribution in [-0.2, 0) is 5.41 Å².